The van der Waals surface area contributed by atoms with Crippen LogP contribution in [0.3, 0.4) is 0 Å². The summed E-state index contributed by atoms with van der Waals surface area (Å²) in [5, 5.41) is 3.43. The van der Waals surface area contributed by atoms with Crippen molar-refractivity contribution in [3.8, 4) is 0 Å². The first-order valence-electron chi connectivity index (χ1n) is 6.81. The van der Waals surface area contributed by atoms with Crippen LogP contribution in [0.25, 0.3) is 0 Å². The number of pyridine rings is 1. The van der Waals surface area contributed by atoms with Gasteiger partial charge >= 0.3 is 0 Å². The van der Waals surface area contributed by atoms with Gasteiger partial charge in [0.15, 0.2) is 0 Å². The third-order valence-corrected chi connectivity index (χ3v) is 3.49. The molecule has 1 unspecified atom stereocenters. The Morgan fingerprint density at radius 2 is 1.83 bits per heavy atom. The predicted octanol–water partition coefficient (Wildman–Crippen LogP) is 3.80. The summed E-state index contributed by atoms with van der Waals surface area (Å²) < 4.78 is 13.9. The van der Waals surface area contributed by atoms with Crippen LogP contribution >= 0.6 is 0 Å². The number of hydrogen-bond donors (Lipinski definition) is 1. The highest BCUT2D eigenvalue weighted by atomic mass is 19.1. The first kappa shape index (κ1) is 15.1. The zero-order valence-corrected chi connectivity index (χ0v) is 12.1. The van der Waals surface area contributed by atoms with Gasteiger partial charge in [-0.05, 0) is 30.4 Å². The van der Waals surface area contributed by atoms with E-state index < -0.39 is 0 Å². The minimum Gasteiger partial charge on any atom is -0.310 e. The van der Waals surface area contributed by atoms with Gasteiger partial charge in [-0.25, -0.2) is 4.39 Å². The summed E-state index contributed by atoms with van der Waals surface area (Å²) in [6.07, 6.45) is 2.97. The van der Waals surface area contributed by atoms with Crippen LogP contribution in [0.15, 0.2) is 18.5 Å². The zero-order chi connectivity index (χ0) is 13.7. The molecular formula is C15H25FN2. The van der Waals surface area contributed by atoms with Crippen molar-refractivity contribution < 1.29 is 4.39 Å². The fraction of sp³-hybridized carbons (Fsp3) is 0.667. The van der Waals surface area contributed by atoms with Crippen LogP contribution in [0, 0.1) is 23.6 Å². The average molecular weight is 252 g/mol. The first-order valence-corrected chi connectivity index (χ1v) is 6.81. The molecule has 0 aromatic carbocycles. The molecule has 1 atom stereocenters. The molecule has 1 aromatic rings. The second-order valence-electron chi connectivity index (χ2n) is 5.50. The quantitative estimate of drug-likeness (QED) is 0.833. The number of halogens is 1. The minimum absolute atomic E-state index is 0.0537. The van der Waals surface area contributed by atoms with Gasteiger partial charge in [-0.15, -0.1) is 0 Å². The zero-order valence-electron chi connectivity index (χ0n) is 12.1. The lowest BCUT2D eigenvalue weighted by Gasteiger charge is -2.34. The van der Waals surface area contributed by atoms with E-state index >= 15 is 0 Å². The van der Waals surface area contributed by atoms with Crippen LogP contribution in [0.2, 0.25) is 0 Å². The lowest BCUT2D eigenvalue weighted by molar-refractivity contribution is 0.208. The molecule has 0 bridgehead atoms. The van der Waals surface area contributed by atoms with E-state index in [1.165, 1.54) is 6.20 Å². The molecule has 0 radical (unpaired) electrons. The van der Waals surface area contributed by atoms with Crippen LogP contribution < -0.4 is 5.32 Å². The largest absolute Gasteiger partial charge is 0.310 e. The highest BCUT2D eigenvalue weighted by Gasteiger charge is 2.29. The van der Waals surface area contributed by atoms with E-state index in [-0.39, 0.29) is 11.9 Å². The number of nitrogens with zero attached hydrogens (tertiary/aromatic N) is 1. The van der Waals surface area contributed by atoms with Gasteiger partial charge in [0.1, 0.15) is 5.82 Å². The van der Waals surface area contributed by atoms with Crippen molar-refractivity contribution in [2.75, 3.05) is 6.54 Å². The highest BCUT2D eigenvalue weighted by Crippen LogP contribution is 2.34. The van der Waals surface area contributed by atoms with Gasteiger partial charge in [-0.2, -0.15) is 0 Å². The third-order valence-electron chi connectivity index (χ3n) is 3.49. The molecule has 0 amide bonds. The molecule has 102 valence electrons. The first-order chi connectivity index (χ1) is 8.49. The SMILES string of the molecule is CCNC(c1ccncc1F)C(C(C)C)C(C)C. The maximum atomic E-state index is 13.9. The lowest BCUT2D eigenvalue weighted by Crippen LogP contribution is -2.34. The summed E-state index contributed by atoms with van der Waals surface area (Å²) in [6, 6.07) is 1.85. The molecule has 0 aliphatic heterocycles. The van der Waals surface area contributed by atoms with Crippen LogP contribution in [-0.4, -0.2) is 11.5 Å². The van der Waals surface area contributed by atoms with Crippen molar-refractivity contribution in [2.45, 2.75) is 40.7 Å². The van der Waals surface area contributed by atoms with Gasteiger partial charge in [0.05, 0.1) is 6.20 Å². The van der Waals surface area contributed by atoms with Crippen LogP contribution in [-0.2, 0) is 0 Å². The van der Waals surface area contributed by atoms with E-state index in [0.29, 0.717) is 17.8 Å². The summed E-state index contributed by atoms with van der Waals surface area (Å²) in [5.41, 5.74) is 0.735. The van der Waals surface area contributed by atoms with Crippen molar-refractivity contribution in [1.82, 2.24) is 10.3 Å². The van der Waals surface area contributed by atoms with Gasteiger partial charge in [0.2, 0.25) is 0 Å². The monoisotopic (exact) mass is 252 g/mol. The van der Waals surface area contributed by atoms with Gasteiger partial charge < -0.3 is 5.32 Å². The normalized spacial score (nSPS) is 13.6. The third kappa shape index (κ3) is 3.52. The fourth-order valence-electron chi connectivity index (χ4n) is 2.85. The van der Waals surface area contributed by atoms with E-state index in [1.54, 1.807) is 12.3 Å². The van der Waals surface area contributed by atoms with E-state index in [4.69, 9.17) is 0 Å². The van der Waals surface area contributed by atoms with Crippen LogP contribution in [0.1, 0.15) is 46.2 Å². The summed E-state index contributed by atoms with van der Waals surface area (Å²) in [5.74, 6) is 1.19. The van der Waals surface area contributed by atoms with Crippen molar-refractivity contribution in [3.63, 3.8) is 0 Å². The second kappa shape index (κ2) is 6.83. The van der Waals surface area contributed by atoms with Crippen molar-refractivity contribution in [1.29, 1.82) is 0 Å². The molecular weight excluding hydrogens is 227 g/mol. The van der Waals surface area contributed by atoms with Crippen molar-refractivity contribution >= 4 is 0 Å². The van der Waals surface area contributed by atoms with E-state index in [9.17, 15) is 4.39 Å². The van der Waals surface area contributed by atoms with Gasteiger partial charge in [0, 0.05) is 17.8 Å². The molecule has 0 saturated carbocycles. The van der Waals surface area contributed by atoms with Crippen molar-refractivity contribution in [2.24, 2.45) is 17.8 Å². The van der Waals surface area contributed by atoms with Gasteiger partial charge in [-0.1, -0.05) is 34.6 Å². The predicted molar refractivity (Wildman–Crippen MR) is 73.8 cm³/mol. The molecule has 3 heteroatoms. The van der Waals surface area contributed by atoms with E-state index in [2.05, 4.69) is 44.9 Å². The number of rotatable bonds is 6. The second-order valence-corrected chi connectivity index (χ2v) is 5.50. The van der Waals surface area contributed by atoms with E-state index in [1.807, 2.05) is 0 Å². The molecule has 1 heterocycles. The molecule has 0 fully saturated rings. The molecule has 18 heavy (non-hydrogen) atoms. The Bertz CT molecular complexity index is 355. The topological polar surface area (TPSA) is 24.9 Å². The summed E-state index contributed by atoms with van der Waals surface area (Å²) >= 11 is 0. The molecule has 0 saturated heterocycles. The van der Waals surface area contributed by atoms with Gasteiger partial charge in [0.25, 0.3) is 0 Å². The number of aromatic nitrogens is 1. The summed E-state index contributed by atoms with van der Waals surface area (Å²) in [6.45, 7) is 11.7. The summed E-state index contributed by atoms with van der Waals surface area (Å²) in [7, 11) is 0. The smallest absolute Gasteiger partial charge is 0.146 e. The Hall–Kier alpha value is -0.960. The maximum absolute atomic E-state index is 13.9. The molecule has 1 aromatic heterocycles. The Kier molecular flexibility index (Phi) is 5.73. The highest BCUT2D eigenvalue weighted by molar-refractivity contribution is 5.19. The number of hydrogen-bond acceptors (Lipinski definition) is 2. The van der Waals surface area contributed by atoms with Gasteiger partial charge in [-0.3, -0.25) is 4.98 Å². The van der Waals surface area contributed by atoms with E-state index in [0.717, 1.165) is 12.1 Å². The molecule has 0 aliphatic carbocycles. The Morgan fingerprint density at radius 3 is 2.28 bits per heavy atom. The standard InChI is InChI=1S/C15H25FN2/c1-6-18-15(14(10(2)3)11(4)5)12-7-8-17-9-13(12)16/h7-11,14-15,18H,6H2,1-5H3. The fourth-order valence-corrected chi connectivity index (χ4v) is 2.85. The maximum Gasteiger partial charge on any atom is 0.146 e. The molecule has 2 nitrogen and oxygen atoms in total. The Balaban J connectivity index is 3.12. The number of nitrogens with one attached hydrogen (secondary N) is 1. The average Bonchev–Trinajstić information content (AvgIpc) is 2.28. The van der Waals surface area contributed by atoms with Crippen molar-refractivity contribution in [3.05, 3.63) is 29.8 Å². The molecule has 1 N–H and O–H groups in total. The Labute approximate surface area is 110 Å². The van der Waals surface area contributed by atoms with Crippen LogP contribution in [0.5, 0.6) is 0 Å². The molecule has 1 rings (SSSR count). The van der Waals surface area contributed by atoms with Crippen LogP contribution in [0.4, 0.5) is 4.39 Å². The molecule has 0 spiro atoms. The Morgan fingerprint density at radius 1 is 1.22 bits per heavy atom. The summed E-state index contributed by atoms with van der Waals surface area (Å²) in [4.78, 5) is 3.83. The molecule has 0 aliphatic rings. The lowest BCUT2D eigenvalue weighted by atomic mass is 9.77. The minimum atomic E-state index is -0.213.